The van der Waals surface area contributed by atoms with Crippen LogP contribution in [0.4, 0.5) is 5.69 Å². The summed E-state index contributed by atoms with van der Waals surface area (Å²) >= 11 is 0. The summed E-state index contributed by atoms with van der Waals surface area (Å²) in [6.07, 6.45) is 2.12. The van der Waals surface area contributed by atoms with E-state index in [0.717, 1.165) is 31.6 Å². The number of rotatable bonds is 6. The zero-order chi connectivity index (χ0) is 15.9. The van der Waals surface area contributed by atoms with Gasteiger partial charge in [-0.2, -0.15) is 0 Å². The molecule has 1 aromatic carbocycles. The zero-order valence-electron chi connectivity index (χ0n) is 13.1. The first-order valence-corrected chi connectivity index (χ1v) is 7.86. The molecule has 1 saturated heterocycles. The average Bonchev–Trinajstić information content (AvgIpc) is 2.52. The van der Waals surface area contributed by atoms with Gasteiger partial charge >= 0.3 is 5.97 Å². The third kappa shape index (κ3) is 4.76. The highest BCUT2D eigenvalue weighted by Gasteiger charge is 2.22. The normalized spacial score (nSPS) is 15.6. The number of carboxylic acid groups (broad SMARTS) is 1. The maximum Gasteiger partial charge on any atom is 0.305 e. The Morgan fingerprint density at radius 3 is 2.45 bits per heavy atom. The molecule has 0 aromatic heterocycles. The standard InChI is InChI=1S/C17H24N2O3/c1-14-7-10-18(11-8-14)16(20)13-19(12-9-17(21)22)15-5-3-2-4-6-15/h2-6,14H,7-13H2,1H3,(H,21,22). The number of nitrogens with zero attached hydrogens (tertiary/aromatic N) is 2. The summed E-state index contributed by atoms with van der Waals surface area (Å²) in [4.78, 5) is 27.1. The number of aliphatic carboxylic acids is 1. The number of carbonyl (C=O) groups excluding carboxylic acids is 1. The van der Waals surface area contributed by atoms with E-state index in [1.165, 1.54) is 0 Å². The monoisotopic (exact) mass is 304 g/mol. The van der Waals surface area contributed by atoms with Gasteiger partial charge in [-0.05, 0) is 30.9 Å². The first-order valence-electron chi connectivity index (χ1n) is 7.86. The van der Waals surface area contributed by atoms with E-state index < -0.39 is 5.97 Å². The smallest absolute Gasteiger partial charge is 0.305 e. The van der Waals surface area contributed by atoms with Crippen molar-refractivity contribution in [3.8, 4) is 0 Å². The molecule has 0 spiro atoms. The maximum absolute atomic E-state index is 12.5. The van der Waals surface area contributed by atoms with Crippen molar-refractivity contribution < 1.29 is 14.7 Å². The van der Waals surface area contributed by atoms with E-state index in [1.54, 1.807) is 0 Å². The highest BCUT2D eigenvalue weighted by Crippen LogP contribution is 2.18. The first kappa shape index (κ1) is 16.3. The first-order chi connectivity index (χ1) is 10.6. The Labute approximate surface area is 131 Å². The van der Waals surface area contributed by atoms with Gasteiger partial charge in [0.2, 0.25) is 5.91 Å². The Hall–Kier alpha value is -2.04. The van der Waals surface area contributed by atoms with Crippen molar-refractivity contribution in [2.45, 2.75) is 26.2 Å². The van der Waals surface area contributed by atoms with Crippen LogP contribution in [0.15, 0.2) is 30.3 Å². The fraction of sp³-hybridized carbons (Fsp3) is 0.529. The molecule has 0 saturated carbocycles. The lowest BCUT2D eigenvalue weighted by atomic mass is 9.99. The predicted molar refractivity (Wildman–Crippen MR) is 85.9 cm³/mol. The molecule has 1 N–H and O–H groups in total. The van der Waals surface area contributed by atoms with E-state index in [2.05, 4.69) is 6.92 Å². The van der Waals surface area contributed by atoms with Crippen LogP contribution in [-0.4, -0.2) is 48.1 Å². The summed E-state index contributed by atoms with van der Waals surface area (Å²) in [5, 5.41) is 8.90. The molecule has 0 bridgehead atoms. The second kappa shape index (κ2) is 7.82. The molecule has 1 heterocycles. The molecular formula is C17H24N2O3. The lowest BCUT2D eigenvalue weighted by molar-refractivity contribution is -0.137. The number of benzene rings is 1. The minimum absolute atomic E-state index is 0.0270. The van der Waals surface area contributed by atoms with Gasteiger partial charge in [-0.1, -0.05) is 25.1 Å². The molecular weight excluding hydrogens is 280 g/mol. The minimum atomic E-state index is -0.847. The maximum atomic E-state index is 12.5. The molecule has 1 aliphatic heterocycles. The number of likely N-dealkylation sites (tertiary alicyclic amines) is 1. The summed E-state index contributed by atoms with van der Waals surface area (Å²) in [6, 6.07) is 9.53. The van der Waals surface area contributed by atoms with Gasteiger partial charge in [0.15, 0.2) is 0 Å². The topological polar surface area (TPSA) is 60.9 Å². The Morgan fingerprint density at radius 1 is 1.23 bits per heavy atom. The van der Waals surface area contributed by atoms with Gasteiger partial charge in [0.05, 0.1) is 13.0 Å². The Balaban J connectivity index is 1.99. The van der Waals surface area contributed by atoms with E-state index in [4.69, 9.17) is 5.11 Å². The fourth-order valence-corrected chi connectivity index (χ4v) is 2.69. The SMILES string of the molecule is CC1CCN(C(=O)CN(CCC(=O)O)c2ccccc2)CC1. The molecule has 120 valence electrons. The van der Waals surface area contributed by atoms with Crippen LogP contribution in [0.1, 0.15) is 26.2 Å². The number of piperidine rings is 1. The van der Waals surface area contributed by atoms with E-state index in [9.17, 15) is 9.59 Å². The van der Waals surface area contributed by atoms with E-state index in [1.807, 2.05) is 40.1 Å². The summed E-state index contributed by atoms with van der Waals surface area (Å²) in [5.41, 5.74) is 0.891. The van der Waals surface area contributed by atoms with Crippen LogP contribution in [-0.2, 0) is 9.59 Å². The number of hydrogen-bond acceptors (Lipinski definition) is 3. The number of para-hydroxylation sites is 1. The van der Waals surface area contributed by atoms with Crippen molar-refractivity contribution in [3.63, 3.8) is 0 Å². The third-order valence-electron chi connectivity index (χ3n) is 4.18. The highest BCUT2D eigenvalue weighted by molar-refractivity contribution is 5.82. The summed E-state index contributed by atoms with van der Waals surface area (Å²) < 4.78 is 0. The van der Waals surface area contributed by atoms with Crippen LogP contribution in [0.3, 0.4) is 0 Å². The van der Waals surface area contributed by atoms with Crippen molar-refractivity contribution in [3.05, 3.63) is 30.3 Å². The molecule has 0 aliphatic carbocycles. The molecule has 0 radical (unpaired) electrons. The second-order valence-corrected chi connectivity index (χ2v) is 5.96. The predicted octanol–water partition coefficient (Wildman–Crippen LogP) is 2.23. The van der Waals surface area contributed by atoms with E-state index >= 15 is 0 Å². The average molecular weight is 304 g/mol. The molecule has 0 atom stereocenters. The summed E-state index contributed by atoms with van der Waals surface area (Å²) in [7, 11) is 0. The van der Waals surface area contributed by atoms with Crippen LogP contribution in [0.2, 0.25) is 0 Å². The van der Waals surface area contributed by atoms with Crippen molar-refractivity contribution in [2.75, 3.05) is 31.1 Å². The lowest BCUT2D eigenvalue weighted by Crippen LogP contribution is -2.44. The van der Waals surface area contributed by atoms with E-state index in [-0.39, 0.29) is 18.9 Å². The van der Waals surface area contributed by atoms with Gasteiger partial charge in [-0.15, -0.1) is 0 Å². The fourth-order valence-electron chi connectivity index (χ4n) is 2.69. The van der Waals surface area contributed by atoms with Crippen LogP contribution in [0.5, 0.6) is 0 Å². The Bertz CT molecular complexity index is 496. The van der Waals surface area contributed by atoms with Gasteiger partial charge in [0.25, 0.3) is 0 Å². The quantitative estimate of drug-likeness (QED) is 0.875. The number of hydrogen-bond donors (Lipinski definition) is 1. The Kier molecular flexibility index (Phi) is 5.81. The van der Waals surface area contributed by atoms with Crippen molar-refractivity contribution in [1.29, 1.82) is 0 Å². The van der Waals surface area contributed by atoms with Gasteiger partial charge in [-0.3, -0.25) is 9.59 Å². The molecule has 5 nitrogen and oxygen atoms in total. The van der Waals surface area contributed by atoms with Crippen molar-refractivity contribution in [1.82, 2.24) is 4.90 Å². The molecule has 1 aromatic rings. The number of amides is 1. The molecule has 1 aliphatic rings. The van der Waals surface area contributed by atoms with Gasteiger partial charge in [0.1, 0.15) is 0 Å². The molecule has 22 heavy (non-hydrogen) atoms. The summed E-state index contributed by atoms with van der Waals surface area (Å²) in [5.74, 6) is -0.0809. The number of anilines is 1. The van der Waals surface area contributed by atoms with Crippen LogP contribution >= 0.6 is 0 Å². The lowest BCUT2D eigenvalue weighted by Gasteiger charge is -2.33. The third-order valence-corrected chi connectivity index (χ3v) is 4.18. The van der Waals surface area contributed by atoms with Crippen LogP contribution in [0, 0.1) is 5.92 Å². The van der Waals surface area contributed by atoms with Gasteiger partial charge < -0.3 is 14.9 Å². The molecule has 2 rings (SSSR count). The molecule has 1 fully saturated rings. The van der Waals surface area contributed by atoms with Crippen molar-refractivity contribution >= 4 is 17.6 Å². The number of carboxylic acids is 1. The zero-order valence-corrected chi connectivity index (χ0v) is 13.1. The molecule has 5 heteroatoms. The minimum Gasteiger partial charge on any atom is -0.481 e. The van der Waals surface area contributed by atoms with Crippen LogP contribution in [0.25, 0.3) is 0 Å². The van der Waals surface area contributed by atoms with Gasteiger partial charge in [-0.25, -0.2) is 0 Å². The Morgan fingerprint density at radius 2 is 1.86 bits per heavy atom. The second-order valence-electron chi connectivity index (χ2n) is 5.96. The van der Waals surface area contributed by atoms with E-state index in [0.29, 0.717) is 12.5 Å². The highest BCUT2D eigenvalue weighted by atomic mass is 16.4. The van der Waals surface area contributed by atoms with Crippen LogP contribution < -0.4 is 4.90 Å². The van der Waals surface area contributed by atoms with Gasteiger partial charge in [0, 0.05) is 25.3 Å². The number of carbonyl (C=O) groups is 2. The summed E-state index contributed by atoms with van der Waals surface area (Å²) in [6.45, 7) is 4.41. The molecule has 1 amide bonds. The largest absolute Gasteiger partial charge is 0.481 e. The molecule has 0 unspecified atom stereocenters. The van der Waals surface area contributed by atoms with Crippen molar-refractivity contribution in [2.24, 2.45) is 5.92 Å².